The number of rotatable bonds is 5. The minimum absolute atomic E-state index is 0.414. The van der Waals surface area contributed by atoms with E-state index in [1.54, 1.807) is 11.3 Å². The average Bonchev–Trinajstić information content (AvgIpc) is 2.96. The molecule has 3 nitrogen and oxygen atoms in total. The van der Waals surface area contributed by atoms with Gasteiger partial charge in [0.15, 0.2) is 0 Å². The first-order valence-electron chi connectivity index (χ1n) is 6.20. The lowest BCUT2D eigenvalue weighted by Gasteiger charge is -2.24. The largest absolute Gasteiger partial charge is 0.330 e. The summed E-state index contributed by atoms with van der Waals surface area (Å²) in [5, 5.41) is 7.00. The van der Waals surface area contributed by atoms with Crippen molar-refractivity contribution in [3.05, 3.63) is 16.6 Å². The molecule has 3 atom stereocenters. The fraction of sp³-hybridized carbons (Fsp3) is 0.750. The molecule has 1 aromatic heterocycles. The third-order valence-electron chi connectivity index (χ3n) is 3.53. The van der Waals surface area contributed by atoms with Gasteiger partial charge in [0.1, 0.15) is 5.01 Å². The molecular formula is C12H21N3S. The fourth-order valence-electron chi connectivity index (χ4n) is 2.57. The molecule has 1 aromatic rings. The molecular weight excluding hydrogens is 218 g/mol. The third-order valence-corrected chi connectivity index (χ3v) is 4.42. The molecule has 2 rings (SSSR count). The lowest BCUT2D eigenvalue weighted by molar-refractivity contribution is 0.357. The van der Waals surface area contributed by atoms with Gasteiger partial charge in [-0.3, -0.25) is 0 Å². The van der Waals surface area contributed by atoms with Crippen molar-refractivity contribution >= 4 is 11.3 Å². The lowest BCUT2D eigenvalue weighted by atomic mass is 10.0. The number of hydrogen-bond donors (Lipinski definition) is 2. The molecule has 0 bridgehead atoms. The summed E-state index contributed by atoms with van der Waals surface area (Å²) in [6, 6.07) is 1.01. The Labute approximate surface area is 101 Å². The van der Waals surface area contributed by atoms with Gasteiger partial charge >= 0.3 is 0 Å². The van der Waals surface area contributed by atoms with Crippen LogP contribution in [0.5, 0.6) is 0 Å². The van der Waals surface area contributed by atoms with Crippen molar-refractivity contribution in [3.63, 3.8) is 0 Å². The first kappa shape index (κ1) is 12.0. The second-order valence-corrected chi connectivity index (χ2v) is 5.46. The predicted molar refractivity (Wildman–Crippen MR) is 68.5 cm³/mol. The van der Waals surface area contributed by atoms with Crippen LogP contribution in [0.15, 0.2) is 11.6 Å². The van der Waals surface area contributed by atoms with E-state index in [1.807, 2.05) is 6.20 Å². The van der Waals surface area contributed by atoms with E-state index >= 15 is 0 Å². The van der Waals surface area contributed by atoms with Crippen LogP contribution in [0, 0.1) is 5.92 Å². The van der Waals surface area contributed by atoms with E-state index in [1.165, 1.54) is 24.3 Å². The average molecular weight is 239 g/mol. The van der Waals surface area contributed by atoms with Crippen molar-refractivity contribution < 1.29 is 0 Å². The van der Waals surface area contributed by atoms with Gasteiger partial charge in [-0.25, -0.2) is 4.98 Å². The van der Waals surface area contributed by atoms with Gasteiger partial charge in [0.25, 0.3) is 0 Å². The highest BCUT2D eigenvalue weighted by atomic mass is 32.1. The number of hydrogen-bond acceptors (Lipinski definition) is 4. The zero-order valence-corrected chi connectivity index (χ0v) is 10.7. The first-order chi connectivity index (χ1) is 7.85. The Kier molecular flexibility index (Phi) is 4.32. The molecule has 4 heteroatoms. The quantitative estimate of drug-likeness (QED) is 0.829. The van der Waals surface area contributed by atoms with Gasteiger partial charge in [0.05, 0.1) is 6.04 Å². The molecule has 90 valence electrons. The van der Waals surface area contributed by atoms with Gasteiger partial charge in [0, 0.05) is 17.6 Å². The number of nitrogens with two attached hydrogens (primary N) is 1. The zero-order valence-electron chi connectivity index (χ0n) is 9.86. The van der Waals surface area contributed by atoms with Crippen LogP contribution < -0.4 is 11.1 Å². The molecule has 3 N–H and O–H groups in total. The van der Waals surface area contributed by atoms with Crippen molar-refractivity contribution in [1.29, 1.82) is 0 Å². The van der Waals surface area contributed by atoms with E-state index in [9.17, 15) is 0 Å². The van der Waals surface area contributed by atoms with Crippen LogP contribution in [0.2, 0.25) is 0 Å². The van der Waals surface area contributed by atoms with Gasteiger partial charge < -0.3 is 11.1 Å². The van der Waals surface area contributed by atoms with E-state index in [4.69, 9.17) is 5.73 Å². The molecule has 0 amide bonds. The summed E-state index contributed by atoms with van der Waals surface area (Å²) < 4.78 is 0. The van der Waals surface area contributed by atoms with E-state index < -0.39 is 0 Å². The topological polar surface area (TPSA) is 50.9 Å². The highest BCUT2D eigenvalue weighted by Crippen LogP contribution is 2.28. The predicted octanol–water partition coefficient (Wildman–Crippen LogP) is 2.31. The SMILES string of the molecule is CCC(NC1CCCC1CN)c1nccs1. The first-order valence-corrected chi connectivity index (χ1v) is 7.08. The fourth-order valence-corrected chi connectivity index (χ4v) is 3.35. The summed E-state index contributed by atoms with van der Waals surface area (Å²) in [4.78, 5) is 4.41. The van der Waals surface area contributed by atoms with E-state index in [0.29, 0.717) is 18.0 Å². The summed E-state index contributed by atoms with van der Waals surface area (Å²) in [6.07, 6.45) is 6.85. The van der Waals surface area contributed by atoms with Crippen LogP contribution >= 0.6 is 11.3 Å². The number of nitrogens with zero attached hydrogens (tertiary/aromatic N) is 1. The van der Waals surface area contributed by atoms with E-state index in [2.05, 4.69) is 22.6 Å². The third kappa shape index (κ3) is 2.62. The second-order valence-electron chi connectivity index (χ2n) is 4.53. The highest BCUT2D eigenvalue weighted by Gasteiger charge is 2.28. The Hall–Kier alpha value is -0.450. The number of thiazole rings is 1. The Bertz CT molecular complexity index is 299. The minimum atomic E-state index is 0.414. The molecule has 1 aliphatic carbocycles. The molecule has 0 aliphatic heterocycles. The maximum Gasteiger partial charge on any atom is 0.109 e. The second kappa shape index (κ2) is 5.75. The summed E-state index contributed by atoms with van der Waals surface area (Å²) in [7, 11) is 0. The Morgan fingerprint density at radius 2 is 2.50 bits per heavy atom. The molecule has 1 heterocycles. The van der Waals surface area contributed by atoms with Crippen molar-refractivity contribution in [3.8, 4) is 0 Å². The molecule has 0 saturated heterocycles. The maximum atomic E-state index is 5.81. The van der Waals surface area contributed by atoms with Gasteiger partial charge in [-0.15, -0.1) is 11.3 Å². The van der Waals surface area contributed by atoms with E-state index in [-0.39, 0.29) is 0 Å². The van der Waals surface area contributed by atoms with Crippen LogP contribution in [-0.2, 0) is 0 Å². The molecule has 3 unspecified atom stereocenters. The Balaban J connectivity index is 1.96. The van der Waals surface area contributed by atoms with Crippen molar-refractivity contribution in [1.82, 2.24) is 10.3 Å². The van der Waals surface area contributed by atoms with Gasteiger partial charge in [0.2, 0.25) is 0 Å². The smallest absolute Gasteiger partial charge is 0.109 e. The van der Waals surface area contributed by atoms with Crippen LogP contribution in [-0.4, -0.2) is 17.6 Å². The van der Waals surface area contributed by atoms with Gasteiger partial charge in [-0.2, -0.15) is 0 Å². The van der Waals surface area contributed by atoms with Gasteiger partial charge in [-0.1, -0.05) is 13.3 Å². The minimum Gasteiger partial charge on any atom is -0.330 e. The Morgan fingerprint density at radius 3 is 3.12 bits per heavy atom. The van der Waals surface area contributed by atoms with Crippen LogP contribution in [0.1, 0.15) is 43.7 Å². The molecule has 16 heavy (non-hydrogen) atoms. The maximum absolute atomic E-state index is 5.81. The molecule has 1 saturated carbocycles. The summed E-state index contributed by atoms with van der Waals surface area (Å²) in [5.74, 6) is 0.661. The highest BCUT2D eigenvalue weighted by molar-refractivity contribution is 7.09. The molecule has 0 aromatic carbocycles. The van der Waals surface area contributed by atoms with Crippen LogP contribution in [0.25, 0.3) is 0 Å². The van der Waals surface area contributed by atoms with Crippen molar-refractivity contribution in [2.45, 2.75) is 44.7 Å². The normalized spacial score (nSPS) is 27.1. The summed E-state index contributed by atoms with van der Waals surface area (Å²) in [6.45, 7) is 3.03. The summed E-state index contributed by atoms with van der Waals surface area (Å²) >= 11 is 1.74. The number of nitrogens with one attached hydrogen (secondary N) is 1. The van der Waals surface area contributed by atoms with Crippen LogP contribution in [0.3, 0.4) is 0 Å². The van der Waals surface area contributed by atoms with Gasteiger partial charge in [-0.05, 0) is 31.7 Å². The van der Waals surface area contributed by atoms with E-state index in [0.717, 1.165) is 13.0 Å². The number of aromatic nitrogens is 1. The lowest BCUT2D eigenvalue weighted by Crippen LogP contribution is -2.38. The summed E-state index contributed by atoms with van der Waals surface area (Å²) in [5.41, 5.74) is 5.81. The molecule has 1 fully saturated rings. The standard InChI is InChI=1S/C12H21N3S/c1-2-10(12-14-6-7-16-12)15-11-5-3-4-9(11)8-13/h6-7,9-11,15H,2-5,8,13H2,1H3. The van der Waals surface area contributed by atoms with Crippen molar-refractivity contribution in [2.24, 2.45) is 11.7 Å². The van der Waals surface area contributed by atoms with Crippen molar-refractivity contribution in [2.75, 3.05) is 6.54 Å². The monoisotopic (exact) mass is 239 g/mol. The molecule has 1 aliphatic rings. The zero-order chi connectivity index (χ0) is 11.4. The Morgan fingerprint density at radius 1 is 1.62 bits per heavy atom. The van der Waals surface area contributed by atoms with Crippen LogP contribution in [0.4, 0.5) is 0 Å². The molecule has 0 radical (unpaired) electrons. The molecule has 0 spiro atoms.